The third kappa shape index (κ3) is 6.04. The largest absolute Gasteiger partial charge is 0.337 e. The molecular weight excluding hydrogens is 422 g/mol. The van der Waals surface area contributed by atoms with Gasteiger partial charge < -0.3 is 9.80 Å². The highest BCUT2D eigenvalue weighted by Crippen LogP contribution is 2.24. The predicted molar refractivity (Wildman–Crippen MR) is 121 cm³/mol. The first-order chi connectivity index (χ1) is 13.9. The zero-order chi connectivity index (χ0) is 20.9. The number of sulfonamides is 1. The summed E-state index contributed by atoms with van der Waals surface area (Å²) < 4.78 is 26.4. The third-order valence-corrected chi connectivity index (χ3v) is 6.92. The molecule has 1 aliphatic heterocycles. The lowest BCUT2D eigenvalue weighted by Gasteiger charge is -2.32. The highest BCUT2D eigenvalue weighted by molar-refractivity contribution is 7.89. The Morgan fingerprint density at radius 3 is 2.40 bits per heavy atom. The van der Waals surface area contributed by atoms with Gasteiger partial charge in [-0.05, 0) is 56.2 Å². The summed E-state index contributed by atoms with van der Waals surface area (Å²) >= 11 is 0. The molecule has 1 amide bonds. The van der Waals surface area contributed by atoms with Gasteiger partial charge in [-0.3, -0.25) is 4.79 Å². The van der Waals surface area contributed by atoms with E-state index in [1.807, 2.05) is 25.2 Å². The molecule has 0 aromatic heterocycles. The molecule has 2 aromatic carbocycles. The number of halogens is 1. The molecule has 0 unspecified atom stereocenters. The predicted octanol–water partition coefficient (Wildman–Crippen LogP) is 2.85. The van der Waals surface area contributed by atoms with Crippen LogP contribution in [0.15, 0.2) is 59.5 Å². The van der Waals surface area contributed by atoms with Gasteiger partial charge in [-0.1, -0.05) is 42.5 Å². The van der Waals surface area contributed by atoms with Gasteiger partial charge in [-0.25, -0.2) is 13.1 Å². The molecule has 3 rings (SSSR count). The summed E-state index contributed by atoms with van der Waals surface area (Å²) in [6, 6.07) is 16.6. The van der Waals surface area contributed by atoms with Gasteiger partial charge >= 0.3 is 0 Å². The Labute approximate surface area is 185 Å². The van der Waals surface area contributed by atoms with Crippen LogP contribution < -0.4 is 4.72 Å². The number of likely N-dealkylation sites (N-methyl/N-ethyl adjacent to an activating group) is 1. The van der Waals surface area contributed by atoms with Crippen LogP contribution in [-0.2, 0) is 21.2 Å². The van der Waals surface area contributed by atoms with E-state index < -0.39 is 10.0 Å². The molecule has 0 aliphatic carbocycles. The Morgan fingerprint density at radius 2 is 1.77 bits per heavy atom. The molecule has 164 valence electrons. The number of hydrogen-bond acceptors (Lipinski definition) is 4. The molecule has 6 nitrogen and oxygen atoms in total. The van der Waals surface area contributed by atoms with E-state index in [2.05, 4.69) is 21.8 Å². The van der Waals surface area contributed by atoms with Gasteiger partial charge in [0.05, 0.1) is 17.4 Å². The van der Waals surface area contributed by atoms with Crippen molar-refractivity contribution in [3.8, 4) is 0 Å². The maximum Gasteiger partial charge on any atom is 0.240 e. The number of benzene rings is 2. The fourth-order valence-corrected chi connectivity index (χ4v) is 4.55. The molecule has 0 radical (unpaired) electrons. The first kappa shape index (κ1) is 24.3. The molecular formula is C22H30ClN3O3S. The Balaban J connectivity index is 0.00000320. The van der Waals surface area contributed by atoms with Crippen LogP contribution >= 0.6 is 12.4 Å². The summed E-state index contributed by atoms with van der Waals surface area (Å²) in [5, 5.41) is 0. The molecule has 1 heterocycles. The van der Waals surface area contributed by atoms with Crippen molar-refractivity contribution in [2.75, 3.05) is 33.7 Å². The Morgan fingerprint density at radius 1 is 1.10 bits per heavy atom. The van der Waals surface area contributed by atoms with Gasteiger partial charge in [0.25, 0.3) is 0 Å². The van der Waals surface area contributed by atoms with E-state index in [1.54, 1.807) is 23.1 Å². The van der Waals surface area contributed by atoms with Crippen LogP contribution in [0.5, 0.6) is 0 Å². The first-order valence-electron chi connectivity index (χ1n) is 9.96. The fourth-order valence-electron chi connectivity index (χ4n) is 3.75. The maximum absolute atomic E-state index is 13.1. The van der Waals surface area contributed by atoms with Crippen molar-refractivity contribution in [3.63, 3.8) is 0 Å². The summed E-state index contributed by atoms with van der Waals surface area (Å²) in [5.41, 5.74) is 1.80. The number of carbonyl (C=O) groups excluding carboxylic acids is 1. The number of hydrogen-bond donors (Lipinski definition) is 1. The van der Waals surface area contributed by atoms with Gasteiger partial charge in [0.15, 0.2) is 0 Å². The van der Waals surface area contributed by atoms with Crippen molar-refractivity contribution >= 4 is 28.3 Å². The molecule has 1 saturated heterocycles. The smallest absolute Gasteiger partial charge is 0.240 e. The fraction of sp³-hybridized carbons (Fsp3) is 0.409. The molecule has 0 spiro atoms. The topological polar surface area (TPSA) is 69.7 Å². The van der Waals surface area contributed by atoms with Crippen LogP contribution in [0.2, 0.25) is 0 Å². The molecule has 0 bridgehead atoms. The van der Waals surface area contributed by atoms with E-state index in [-0.39, 0.29) is 35.7 Å². The number of rotatable bonds is 8. The molecule has 1 aliphatic rings. The maximum atomic E-state index is 13.1. The summed E-state index contributed by atoms with van der Waals surface area (Å²) in [4.78, 5) is 17.4. The van der Waals surface area contributed by atoms with Crippen LogP contribution in [0.3, 0.4) is 0 Å². The molecule has 0 saturated carbocycles. The first-order valence-corrected chi connectivity index (χ1v) is 11.4. The van der Waals surface area contributed by atoms with Crippen LogP contribution in [0.25, 0.3) is 0 Å². The lowest BCUT2D eigenvalue weighted by Crippen LogP contribution is -2.39. The standard InChI is InChI=1S/C22H29N3O3S.ClH/c1-23-29(27,28)20-12-8-9-18(15-20)16-22(26)24(2)21(17-25-13-6-7-14-25)19-10-4-3-5-11-19;/h3-5,8-12,15,21,23H,6-7,13-14,16-17H2,1-2H3;1H/t21-;/m1./s1. The molecule has 1 fully saturated rings. The SMILES string of the molecule is CNS(=O)(=O)c1cccc(CC(=O)N(C)[C@H](CN2CCCC2)c2ccccc2)c1.Cl. The highest BCUT2D eigenvalue weighted by atomic mass is 35.5. The molecule has 1 N–H and O–H groups in total. The normalized spacial score (nSPS) is 15.4. The monoisotopic (exact) mass is 451 g/mol. The minimum Gasteiger partial charge on any atom is -0.337 e. The zero-order valence-corrected chi connectivity index (χ0v) is 19.1. The van der Waals surface area contributed by atoms with Crippen molar-refractivity contribution in [1.29, 1.82) is 0 Å². The number of amides is 1. The van der Waals surface area contributed by atoms with Crippen molar-refractivity contribution < 1.29 is 13.2 Å². The Kier molecular flexibility index (Phi) is 8.85. The summed E-state index contributed by atoms with van der Waals surface area (Å²) in [7, 11) is -0.317. The zero-order valence-electron chi connectivity index (χ0n) is 17.5. The number of likely N-dealkylation sites (tertiary alicyclic amines) is 1. The second-order valence-electron chi connectivity index (χ2n) is 7.47. The number of carbonyl (C=O) groups is 1. The van der Waals surface area contributed by atoms with Gasteiger partial charge in [0, 0.05) is 13.6 Å². The van der Waals surface area contributed by atoms with Crippen LogP contribution in [-0.4, -0.2) is 57.9 Å². The summed E-state index contributed by atoms with van der Waals surface area (Å²) in [5.74, 6) is -0.0305. The van der Waals surface area contributed by atoms with E-state index in [1.165, 1.54) is 26.0 Å². The Hall–Kier alpha value is -1.93. The van der Waals surface area contributed by atoms with Crippen LogP contribution in [0, 0.1) is 0 Å². The average molecular weight is 452 g/mol. The van der Waals surface area contributed by atoms with Gasteiger partial charge in [-0.15, -0.1) is 12.4 Å². The van der Waals surface area contributed by atoms with Crippen molar-refractivity contribution in [1.82, 2.24) is 14.5 Å². The van der Waals surface area contributed by atoms with E-state index in [4.69, 9.17) is 0 Å². The lowest BCUT2D eigenvalue weighted by atomic mass is 10.0. The molecule has 1 atom stereocenters. The number of nitrogens with one attached hydrogen (secondary N) is 1. The molecule has 30 heavy (non-hydrogen) atoms. The minimum absolute atomic E-state index is 0. The summed E-state index contributed by atoms with van der Waals surface area (Å²) in [6.07, 6.45) is 2.56. The lowest BCUT2D eigenvalue weighted by molar-refractivity contribution is -0.131. The molecule has 8 heteroatoms. The van der Waals surface area contributed by atoms with Crippen molar-refractivity contribution in [3.05, 3.63) is 65.7 Å². The van der Waals surface area contributed by atoms with E-state index >= 15 is 0 Å². The van der Waals surface area contributed by atoms with Gasteiger partial charge in [0.1, 0.15) is 0 Å². The third-order valence-electron chi connectivity index (χ3n) is 5.51. The summed E-state index contributed by atoms with van der Waals surface area (Å²) in [6.45, 7) is 2.94. The highest BCUT2D eigenvalue weighted by Gasteiger charge is 2.25. The molecule has 2 aromatic rings. The van der Waals surface area contributed by atoms with Gasteiger partial charge in [-0.2, -0.15) is 0 Å². The van der Waals surface area contributed by atoms with Gasteiger partial charge in [0.2, 0.25) is 15.9 Å². The Bertz CT molecular complexity index is 932. The van der Waals surface area contributed by atoms with Crippen molar-refractivity contribution in [2.24, 2.45) is 0 Å². The number of nitrogens with zero attached hydrogens (tertiary/aromatic N) is 2. The minimum atomic E-state index is -3.53. The van der Waals surface area contributed by atoms with Crippen molar-refractivity contribution in [2.45, 2.75) is 30.2 Å². The quantitative estimate of drug-likeness (QED) is 0.670. The van der Waals surface area contributed by atoms with E-state index in [0.29, 0.717) is 5.56 Å². The van der Waals surface area contributed by atoms with Crippen LogP contribution in [0.1, 0.15) is 30.0 Å². The van der Waals surface area contributed by atoms with E-state index in [9.17, 15) is 13.2 Å². The van der Waals surface area contributed by atoms with E-state index in [0.717, 1.165) is 25.2 Å². The second kappa shape index (κ2) is 10.9. The second-order valence-corrected chi connectivity index (χ2v) is 9.36. The average Bonchev–Trinajstić information content (AvgIpc) is 3.25. The van der Waals surface area contributed by atoms with Crippen LogP contribution in [0.4, 0.5) is 0 Å².